The first kappa shape index (κ1) is 18.8. The number of rotatable bonds is 1. The van der Waals surface area contributed by atoms with Crippen LogP contribution in [-0.2, 0) is 5.41 Å². The molecule has 0 fully saturated rings. The maximum Gasteiger partial charge on any atom is 0.139 e. The lowest BCUT2D eigenvalue weighted by molar-refractivity contribution is 0.648. The van der Waals surface area contributed by atoms with Crippen LogP contribution in [0.3, 0.4) is 0 Å². The van der Waals surface area contributed by atoms with Gasteiger partial charge in [-0.05, 0) is 40.1 Å². The monoisotopic (exact) mass is 421 g/mol. The van der Waals surface area contributed by atoms with Gasteiger partial charge in [-0.3, -0.25) is 4.98 Å². The Bertz CT molecular complexity index is 1550. The van der Waals surface area contributed by atoms with Gasteiger partial charge in [-0.15, -0.1) is 0 Å². The Kier molecular flexibility index (Phi) is 3.56. The molecule has 0 spiro atoms. The standard InChI is InChI=1S/C28H27NOSi/c1-16-7-9-18-17(15-16)8-10-19-25(18)28(2,3)20-11-12-22(31(4,5)6)27-23(20)24-21(30-27)13-14-29-26(19)24/h7-15H,1-6H3. The summed E-state index contributed by atoms with van der Waals surface area (Å²) >= 11 is 0. The van der Waals surface area contributed by atoms with Crippen LogP contribution in [0.15, 0.2) is 59.1 Å². The van der Waals surface area contributed by atoms with E-state index in [0.29, 0.717) is 0 Å². The molecule has 0 N–H and O–H groups in total. The van der Waals surface area contributed by atoms with E-state index in [1.54, 1.807) is 0 Å². The molecule has 1 aliphatic rings. The van der Waals surface area contributed by atoms with Crippen LogP contribution in [0.1, 0.15) is 30.5 Å². The lowest BCUT2D eigenvalue weighted by atomic mass is 9.74. The first-order valence-electron chi connectivity index (χ1n) is 11.1. The van der Waals surface area contributed by atoms with Crippen molar-refractivity contribution in [2.45, 2.75) is 45.8 Å². The second kappa shape index (κ2) is 5.86. The number of aryl methyl sites for hydroxylation is 1. The van der Waals surface area contributed by atoms with E-state index in [4.69, 9.17) is 9.40 Å². The van der Waals surface area contributed by atoms with Crippen LogP contribution in [0.5, 0.6) is 0 Å². The summed E-state index contributed by atoms with van der Waals surface area (Å²) in [5.74, 6) is 0. The lowest BCUT2D eigenvalue weighted by Gasteiger charge is -2.30. The predicted molar refractivity (Wildman–Crippen MR) is 134 cm³/mol. The van der Waals surface area contributed by atoms with Gasteiger partial charge < -0.3 is 4.42 Å². The van der Waals surface area contributed by atoms with E-state index in [2.05, 4.69) is 82.9 Å². The van der Waals surface area contributed by atoms with Crippen molar-refractivity contribution in [1.82, 2.24) is 4.98 Å². The lowest BCUT2D eigenvalue weighted by Crippen LogP contribution is -2.38. The van der Waals surface area contributed by atoms with Crippen LogP contribution < -0.4 is 5.19 Å². The number of furan rings is 1. The van der Waals surface area contributed by atoms with Crippen molar-refractivity contribution >= 4 is 46.0 Å². The van der Waals surface area contributed by atoms with Gasteiger partial charge in [0, 0.05) is 22.6 Å². The van der Waals surface area contributed by atoms with Gasteiger partial charge in [0.1, 0.15) is 11.2 Å². The molecular formula is C28H27NOSi. The SMILES string of the molecule is Cc1ccc2c3c(ccc2c1)-c1nccc2oc4c([Si](C)(C)C)ccc(c4c12)C3(C)C. The predicted octanol–water partition coefficient (Wildman–Crippen LogP) is 7.29. The summed E-state index contributed by atoms with van der Waals surface area (Å²) in [5, 5.41) is 6.43. The number of hydrogen-bond acceptors (Lipinski definition) is 2. The molecular weight excluding hydrogens is 394 g/mol. The Morgan fingerprint density at radius 1 is 0.903 bits per heavy atom. The summed E-state index contributed by atoms with van der Waals surface area (Å²) in [6.45, 7) is 14.1. The minimum atomic E-state index is -1.58. The molecule has 0 saturated heterocycles. The van der Waals surface area contributed by atoms with Crippen LogP contribution in [0, 0.1) is 6.92 Å². The number of fused-ring (bicyclic) bond motifs is 4. The minimum absolute atomic E-state index is 0.183. The van der Waals surface area contributed by atoms with E-state index < -0.39 is 8.07 Å². The molecule has 0 aliphatic heterocycles. The second-order valence-electron chi connectivity index (χ2n) is 10.6. The molecule has 3 heteroatoms. The molecule has 0 atom stereocenters. The Hall–Kier alpha value is -2.91. The van der Waals surface area contributed by atoms with Gasteiger partial charge in [-0.2, -0.15) is 0 Å². The summed E-state index contributed by atoms with van der Waals surface area (Å²) in [4.78, 5) is 4.93. The van der Waals surface area contributed by atoms with E-state index in [1.807, 2.05) is 12.3 Å². The second-order valence-corrected chi connectivity index (χ2v) is 15.6. The summed E-state index contributed by atoms with van der Waals surface area (Å²) < 4.78 is 6.57. The topological polar surface area (TPSA) is 26.0 Å². The van der Waals surface area contributed by atoms with Crippen LogP contribution in [-0.4, -0.2) is 13.1 Å². The summed E-state index contributed by atoms with van der Waals surface area (Å²) in [6.07, 6.45) is 1.90. The Labute approximate surface area is 183 Å². The maximum absolute atomic E-state index is 6.57. The van der Waals surface area contributed by atoms with Gasteiger partial charge in [0.15, 0.2) is 0 Å². The van der Waals surface area contributed by atoms with E-state index in [9.17, 15) is 0 Å². The minimum Gasteiger partial charge on any atom is -0.456 e. The fraction of sp³-hybridized carbons (Fsp3) is 0.250. The smallest absolute Gasteiger partial charge is 0.139 e. The van der Waals surface area contributed by atoms with Gasteiger partial charge >= 0.3 is 0 Å². The van der Waals surface area contributed by atoms with Crippen molar-refractivity contribution in [3.63, 3.8) is 0 Å². The third-order valence-corrected chi connectivity index (χ3v) is 9.08. The molecule has 0 bridgehead atoms. The zero-order valence-corrected chi connectivity index (χ0v) is 20.1. The third-order valence-electron chi connectivity index (χ3n) is 7.07. The van der Waals surface area contributed by atoms with Crippen LogP contribution in [0.2, 0.25) is 19.6 Å². The van der Waals surface area contributed by atoms with Crippen molar-refractivity contribution in [1.29, 1.82) is 0 Å². The first-order chi connectivity index (χ1) is 14.7. The highest BCUT2D eigenvalue weighted by Gasteiger charge is 2.37. The molecule has 0 amide bonds. The average Bonchev–Trinajstić information content (AvgIpc) is 3.06. The zero-order valence-electron chi connectivity index (χ0n) is 19.1. The molecule has 31 heavy (non-hydrogen) atoms. The third kappa shape index (κ3) is 2.41. The van der Waals surface area contributed by atoms with Crippen molar-refractivity contribution in [2.24, 2.45) is 0 Å². The van der Waals surface area contributed by atoms with Gasteiger partial charge in [0.2, 0.25) is 0 Å². The van der Waals surface area contributed by atoms with E-state index in [-0.39, 0.29) is 5.41 Å². The molecule has 0 saturated carbocycles. The fourth-order valence-corrected chi connectivity index (χ4v) is 7.03. The first-order valence-corrected chi connectivity index (χ1v) is 14.6. The molecule has 154 valence electrons. The van der Waals surface area contributed by atoms with Crippen LogP contribution in [0.25, 0.3) is 44.0 Å². The summed E-state index contributed by atoms with van der Waals surface area (Å²) in [7, 11) is -1.58. The number of benzene rings is 3. The zero-order chi connectivity index (χ0) is 21.7. The number of aromatic nitrogens is 1. The van der Waals surface area contributed by atoms with Gasteiger partial charge in [-0.25, -0.2) is 0 Å². The molecule has 0 unspecified atom stereocenters. The van der Waals surface area contributed by atoms with Crippen molar-refractivity contribution in [3.8, 4) is 11.3 Å². The number of hydrogen-bond donors (Lipinski definition) is 0. The van der Waals surface area contributed by atoms with Crippen molar-refractivity contribution < 1.29 is 4.42 Å². The molecule has 1 aliphatic carbocycles. The Balaban J connectivity index is 1.88. The molecule has 6 rings (SSSR count). The van der Waals surface area contributed by atoms with E-state index >= 15 is 0 Å². The van der Waals surface area contributed by atoms with Gasteiger partial charge in [-0.1, -0.05) is 81.5 Å². The fourth-order valence-electron chi connectivity index (χ4n) is 5.59. The van der Waals surface area contributed by atoms with E-state index in [0.717, 1.165) is 16.9 Å². The molecule has 2 nitrogen and oxygen atoms in total. The van der Waals surface area contributed by atoms with Crippen LogP contribution in [0.4, 0.5) is 0 Å². The molecule has 2 heterocycles. The van der Waals surface area contributed by atoms with Gasteiger partial charge in [0.25, 0.3) is 0 Å². The normalized spacial score (nSPS) is 15.0. The molecule has 3 aromatic carbocycles. The van der Waals surface area contributed by atoms with Crippen molar-refractivity contribution in [2.75, 3.05) is 0 Å². The highest BCUT2D eigenvalue weighted by molar-refractivity contribution is 6.90. The van der Waals surface area contributed by atoms with Crippen LogP contribution >= 0.6 is 0 Å². The summed E-state index contributed by atoms with van der Waals surface area (Å²) in [6, 6.07) is 18.0. The number of nitrogens with zero attached hydrogens (tertiary/aromatic N) is 1. The Morgan fingerprint density at radius 3 is 2.48 bits per heavy atom. The molecule has 5 aromatic rings. The summed E-state index contributed by atoms with van der Waals surface area (Å²) in [5.41, 5.74) is 8.09. The number of pyridine rings is 1. The maximum atomic E-state index is 6.57. The van der Waals surface area contributed by atoms with E-state index in [1.165, 1.54) is 49.0 Å². The molecule has 2 aromatic heterocycles. The Morgan fingerprint density at radius 2 is 1.71 bits per heavy atom. The van der Waals surface area contributed by atoms with Crippen molar-refractivity contribution in [3.05, 3.63) is 71.4 Å². The van der Waals surface area contributed by atoms with Gasteiger partial charge in [0.05, 0.1) is 19.2 Å². The quantitative estimate of drug-likeness (QED) is 0.266. The average molecular weight is 422 g/mol. The molecule has 0 radical (unpaired) electrons. The highest BCUT2D eigenvalue weighted by atomic mass is 28.3. The largest absolute Gasteiger partial charge is 0.456 e. The highest BCUT2D eigenvalue weighted by Crippen LogP contribution is 2.50.